The zero-order valence-corrected chi connectivity index (χ0v) is 13.4. The molecule has 0 aromatic carbocycles. The number of hydrogen-bond donors (Lipinski definition) is 3. The Morgan fingerprint density at radius 3 is 2.50 bits per heavy atom. The van der Waals surface area contributed by atoms with Crippen molar-refractivity contribution in [1.29, 1.82) is 0 Å². The van der Waals surface area contributed by atoms with E-state index in [1.807, 2.05) is 0 Å². The minimum atomic E-state index is -2.40. The molecule has 128 valence electrons. The molecule has 2 saturated heterocycles. The van der Waals surface area contributed by atoms with Gasteiger partial charge >= 0.3 is 0 Å². The zero-order chi connectivity index (χ0) is 17.3. The SMILES string of the molecule is CC1=C2COC[C@]23C[C@]24C(=C(C)C(=O)[C@@H]2O)CO[C@]3(O)[C@@]4(O)C1=O. The van der Waals surface area contributed by atoms with E-state index in [1.165, 1.54) is 0 Å². The Balaban J connectivity index is 1.93. The van der Waals surface area contributed by atoms with Crippen LogP contribution in [-0.4, -0.2) is 64.2 Å². The van der Waals surface area contributed by atoms with Crippen molar-refractivity contribution in [3.63, 3.8) is 0 Å². The van der Waals surface area contributed by atoms with Gasteiger partial charge in [-0.05, 0) is 42.6 Å². The first kappa shape index (κ1) is 14.9. The van der Waals surface area contributed by atoms with E-state index in [2.05, 4.69) is 0 Å². The van der Waals surface area contributed by atoms with Crippen LogP contribution in [0.2, 0.25) is 0 Å². The first-order chi connectivity index (χ1) is 11.2. The molecule has 3 N–H and O–H groups in total. The van der Waals surface area contributed by atoms with Gasteiger partial charge in [0.1, 0.15) is 6.10 Å². The maximum Gasteiger partial charge on any atom is 0.216 e. The van der Waals surface area contributed by atoms with E-state index >= 15 is 0 Å². The average Bonchev–Trinajstić information content (AvgIpc) is 3.06. The van der Waals surface area contributed by atoms with Crippen LogP contribution >= 0.6 is 0 Å². The Morgan fingerprint density at radius 2 is 1.79 bits per heavy atom. The van der Waals surface area contributed by atoms with E-state index in [4.69, 9.17) is 9.47 Å². The van der Waals surface area contributed by atoms with Crippen molar-refractivity contribution in [3.8, 4) is 0 Å². The fraction of sp³-hybridized carbons (Fsp3) is 0.647. The first-order valence-corrected chi connectivity index (χ1v) is 8.03. The first-order valence-electron chi connectivity index (χ1n) is 8.03. The predicted octanol–water partition coefficient (Wildman–Crippen LogP) is -0.998. The molecular formula is C17H18O7. The van der Waals surface area contributed by atoms with Crippen molar-refractivity contribution in [2.45, 2.75) is 37.8 Å². The van der Waals surface area contributed by atoms with Gasteiger partial charge in [0.15, 0.2) is 17.2 Å². The van der Waals surface area contributed by atoms with E-state index in [1.54, 1.807) is 13.8 Å². The molecule has 7 heteroatoms. The molecule has 5 aliphatic rings. The third-order valence-corrected chi connectivity index (χ3v) is 7.16. The molecule has 2 spiro atoms. The summed E-state index contributed by atoms with van der Waals surface area (Å²) in [6, 6.07) is 0. The smallest absolute Gasteiger partial charge is 0.216 e. The van der Waals surface area contributed by atoms with E-state index in [-0.39, 0.29) is 26.2 Å². The van der Waals surface area contributed by atoms with E-state index in [0.717, 1.165) is 0 Å². The van der Waals surface area contributed by atoms with Gasteiger partial charge in [-0.15, -0.1) is 0 Å². The highest BCUT2D eigenvalue weighted by Gasteiger charge is 2.90. The third kappa shape index (κ3) is 1.01. The summed E-state index contributed by atoms with van der Waals surface area (Å²) in [5.41, 5.74) is -3.46. The Morgan fingerprint density at radius 1 is 1.08 bits per heavy atom. The molecule has 3 aliphatic carbocycles. The van der Waals surface area contributed by atoms with Crippen LogP contribution in [0.3, 0.4) is 0 Å². The number of hydrogen-bond acceptors (Lipinski definition) is 7. The van der Waals surface area contributed by atoms with Crippen LogP contribution in [0.25, 0.3) is 0 Å². The van der Waals surface area contributed by atoms with Gasteiger partial charge in [-0.3, -0.25) is 9.59 Å². The molecule has 3 fully saturated rings. The van der Waals surface area contributed by atoms with Crippen molar-refractivity contribution in [2.75, 3.05) is 19.8 Å². The normalized spacial score (nSPS) is 52.3. The van der Waals surface area contributed by atoms with Crippen LogP contribution in [0.4, 0.5) is 0 Å². The van der Waals surface area contributed by atoms with Gasteiger partial charge in [0.05, 0.1) is 30.7 Å². The maximum atomic E-state index is 13.1. The highest BCUT2D eigenvalue weighted by molar-refractivity contribution is 6.11. The zero-order valence-electron chi connectivity index (χ0n) is 13.4. The molecule has 5 rings (SSSR count). The summed E-state index contributed by atoms with van der Waals surface area (Å²) in [6.45, 7) is 3.28. The predicted molar refractivity (Wildman–Crippen MR) is 77.6 cm³/mol. The van der Waals surface area contributed by atoms with Crippen LogP contribution in [0.1, 0.15) is 20.3 Å². The van der Waals surface area contributed by atoms with E-state index < -0.39 is 39.9 Å². The topological polar surface area (TPSA) is 113 Å². The number of ether oxygens (including phenoxy) is 2. The molecule has 0 amide bonds. The Bertz CT molecular complexity index is 810. The summed E-state index contributed by atoms with van der Waals surface area (Å²) in [5, 5.41) is 33.7. The molecule has 0 unspecified atom stereocenters. The number of aliphatic hydroxyl groups is 3. The maximum absolute atomic E-state index is 13.1. The fourth-order valence-corrected chi connectivity index (χ4v) is 5.97. The third-order valence-electron chi connectivity index (χ3n) is 7.16. The summed E-state index contributed by atoms with van der Waals surface area (Å²) in [7, 11) is 0. The van der Waals surface area contributed by atoms with Crippen molar-refractivity contribution in [1.82, 2.24) is 0 Å². The molecule has 4 bridgehead atoms. The lowest BCUT2D eigenvalue weighted by atomic mass is 9.60. The van der Waals surface area contributed by atoms with Gasteiger partial charge < -0.3 is 24.8 Å². The van der Waals surface area contributed by atoms with Crippen LogP contribution in [0, 0.1) is 10.8 Å². The molecule has 24 heavy (non-hydrogen) atoms. The molecule has 7 nitrogen and oxygen atoms in total. The monoisotopic (exact) mass is 334 g/mol. The van der Waals surface area contributed by atoms with Gasteiger partial charge in [0.25, 0.3) is 0 Å². The molecule has 0 radical (unpaired) electrons. The lowest BCUT2D eigenvalue weighted by molar-refractivity contribution is -0.335. The summed E-state index contributed by atoms with van der Waals surface area (Å²) >= 11 is 0. The quantitative estimate of drug-likeness (QED) is 0.521. The van der Waals surface area contributed by atoms with Crippen LogP contribution in [0.5, 0.6) is 0 Å². The number of carbonyl (C=O) groups excluding carboxylic acids is 2. The Kier molecular flexibility index (Phi) is 2.32. The highest BCUT2D eigenvalue weighted by Crippen LogP contribution is 2.76. The summed E-state index contributed by atoms with van der Waals surface area (Å²) < 4.78 is 11.2. The number of rotatable bonds is 0. The van der Waals surface area contributed by atoms with Gasteiger partial charge in [-0.1, -0.05) is 0 Å². The van der Waals surface area contributed by atoms with Crippen molar-refractivity contribution < 1.29 is 34.4 Å². The van der Waals surface area contributed by atoms with Gasteiger partial charge in [0, 0.05) is 0 Å². The second-order valence-electron chi connectivity index (χ2n) is 7.67. The highest BCUT2D eigenvalue weighted by atomic mass is 16.7. The standard InChI is InChI=1S/C17H18O7/c1-7-10-4-24-17(22)14-5-15(10,13(20)11(7)18)16(17,21)12(19)8(2)9(14)3-23-6-14/h13,20-22H,3-6H2,1-2H3/t13-,14+,15-,16+,17-/m0/s1. The summed E-state index contributed by atoms with van der Waals surface area (Å²) in [5.74, 6) is -3.43. The second kappa shape index (κ2) is 3.73. The Hall–Kier alpha value is -1.38. The lowest BCUT2D eigenvalue weighted by Gasteiger charge is -2.54. The van der Waals surface area contributed by atoms with E-state index in [0.29, 0.717) is 22.3 Å². The molecule has 0 aromatic rings. The number of ketones is 2. The Labute approximate surface area is 137 Å². The van der Waals surface area contributed by atoms with Crippen LogP contribution in [-0.2, 0) is 19.1 Å². The van der Waals surface area contributed by atoms with Crippen molar-refractivity contribution in [3.05, 3.63) is 22.3 Å². The molecule has 5 atom stereocenters. The number of Topliss-reactive ketones (excluding diaryl/α,β-unsaturated/α-hetero) is 2. The van der Waals surface area contributed by atoms with Crippen LogP contribution < -0.4 is 0 Å². The van der Waals surface area contributed by atoms with Crippen molar-refractivity contribution in [2.24, 2.45) is 10.8 Å². The molecule has 2 heterocycles. The van der Waals surface area contributed by atoms with E-state index in [9.17, 15) is 24.9 Å². The molecule has 0 aromatic heterocycles. The van der Waals surface area contributed by atoms with Gasteiger partial charge in [-0.2, -0.15) is 0 Å². The minimum absolute atomic E-state index is 0.0466. The summed E-state index contributed by atoms with van der Waals surface area (Å²) in [6.07, 6.45) is -1.53. The van der Waals surface area contributed by atoms with Crippen LogP contribution in [0.15, 0.2) is 22.3 Å². The fourth-order valence-electron chi connectivity index (χ4n) is 5.97. The second-order valence-corrected chi connectivity index (χ2v) is 7.67. The number of carbonyl (C=O) groups is 2. The average molecular weight is 334 g/mol. The largest absolute Gasteiger partial charge is 0.384 e. The summed E-state index contributed by atoms with van der Waals surface area (Å²) in [4.78, 5) is 25.6. The molecule has 1 saturated carbocycles. The lowest BCUT2D eigenvalue weighted by Crippen LogP contribution is -2.74. The van der Waals surface area contributed by atoms with Crippen molar-refractivity contribution >= 4 is 11.6 Å². The molecule has 2 aliphatic heterocycles. The van der Waals surface area contributed by atoms with Gasteiger partial charge in [-0.25, -0.2) is 0 Å². The number of aliphatic hydroxyl groups excluding tert-OH is 1. The minimum Gasteiger partial charge on any atom is -0.384 e. The van der Waals surface area contributed by atoms with Gasteiger partial charge in [0.2, 0.25) is 5.79 Å². The molecular weight excluding hydrogens is 316 g/mol.